The Balaban J connectivity index is 2.03. The van der Waals surface area contributed by atoms with Gasteiger partial charge in [0.2, 0.25) is 0 Å². The fourth-order valence-electron chi connectivity index (χ4n) is 1.93. The first-order chi connectivity index (χ1) is 9.54. The van der Waals surface area contributed by atoms with Crippen LogP contribution in [-0.4, -0.2) is 10.5 Å². The van der Waals surface area contributed by atoms with Crippen LogP contribution in [0.1, 0.15) is 20.7 Å². The molecule has 20 heavy (non-hydrogen) atoms. The van der Waals surface area contributed by atoms with Crippen molar-refractivity contribution in [2.45, 2.75) is 0 Å². The number of halogens is 2. The number of hydrogen-bond acceptors (Lipinski definition) is 4. The summed E-state index contributed by atoms with van der Waals surface area (Å²) in [5, 5.41) is 2.01. The van der Waals surface area contributed by atoms with Gasteiger partial charge in [0.05, 0.1) is 11.4 Å². The van der Waals surface area contributed by atoms with E-state index in [1.165, 1.54) is 12.1 Å². The first kappa shape index (κ1) is 13.0. The Hall–Kier alpha value is -2.04. The van der Waals surface area contributed by atoms with Crippen molar-refractivity contribution in [3.05, 3.63) is 47.5 Å². The average molecular weight is 308 g/mol. The highest BCUT2D eigenvalue weighted by atomic mass is 35.5. The van der Waals surface area contributed by atoms with Crippen LogP contribution >= 0.6 is 23.2 Å². The fraction of sp³-hybridized carbons (Fsp3) is 0. The smallest absolute Gasteiger partial charge is 0.252 e. The van der Waals surface area contributed by atoms with Crippen molar-refractivity contribution in [3.8, 4) is 11.5 Å². The Labute approximate surface area is 124 Å². The van der Waals surface area contributed by atoms with Gasteiger partial charge < -0.3 is 10.1 Å². The number of anilines is 2. The summed E-state index contributed by atoms with van der Waals surface area (Å²) in [7, 11) is 0. The monoisotopic (exact) mass is 307 g/mol. The molecule has 1 aliphatic rings. The number of carbonyl (C=O) groups excluding carboxylic acids is 2. The van der Waals surface area contributed by atoms with Gasteiger partial charge in [-0.25, -0.2) is 0 Å². The second kappa shape index (κ2) is 4.81. The first-order valence-corrected chi connectivity index (χ1v) is 6.43. The molecule has 0 saturated heterocycles. The minimum absolute atomic E-state index is 0.334. The van der Waals surface area contributed by atoms with Gasteiger partial charge in [0.15, 0.2) is 11.5 Å². The predicted octanol–water partition coefficient (Wildman–Crippen LogP) is 4.29. The summed E-state index contributed by atoms with van der Waals surface area (Å²) in [5.41, 5.74) is 2.09. The SMILES string of the molecule is O=C(Cl)c1ccc2c(c1)Oc1cc(C(=O)Cl)ccc1N2. The third-order valence-corrected chi connectivity index (χ3v) is 3.34. The summed E-state index contributed by atoms with van der Waals surface area (Å²) >= 11 is 10.9. The van der Waals surface area contributed by atoms with E-state index in [0.29, 0.717) is 34.0 Å². The van der Waals surface area contributed by atoms with Gasteiger partial charge in [0.25, 0.3) is 10.5 Å². The van der Waals surface area contributed by atoms with E-state index in [2.05, 4.69) is 5.32 Å². The molecule has 6 heteroatoms. The molecule has 1 aliphatic heterocycles. The van der Waals surface area contributed by atoms with E-state index in [0.717, 1.165) is 0 Å². The van der Waals surface area contributed by atoms with Gasteiger partial charge in [0.1, 0.15) is 0 Å². The van der Waals surface area contributed by atoms with Gasteiger partial charge in [-0.15, -0.1) is 0 Å². The lowest BCUT2D eigenvalue weighted by Crippen LogP contribution is -2.05. The zero-order valence-corrected chi connectivity index (χ0v) is 11.5. The Morgan fingerprint density at radius 3 is 1.70 bits per heavy atom. The van der Waals surface area contributed by atoms with Crippen molar-refractivity contribution in [1.82, 2.24) is 0 Å². The molecule has 0 saturated carbocycles. The van der Waals surface area contributed by atoms with Gasteiger partial charge in [-0.05, 0) is 59.6 Å². The standard InChI is InChI=1S/C14H7Cl2NO3/c15-13(18)7-1-3-9-11(5-7)20-12-6-8(14(16)19)2-4-10(12)17-9/h1-6,17H. The third-order valence-electron chi connectivity index (χ3n) is 2.91. The molecule has 0 fully saturated rings. The second-order valence-electron chi connectivity index (χ2n) is 4.20. The van der Waals surface area contributed by atoms with Crippen molar-refractivity contribution >= 4 is 45.1 Å². The molecule has 0 atom stereocenters. The van der Waals surface area contributed by atoms with Crippen LogP contribution in [0.3, 0.4) is 0 Å². The third kappa shape index (κ3) is 2.24. The zero-order chi connectivity index (χ0) is 14.3. The van der Waals surface area contributed by atoms with Gasteiger partial charge in [-0.3, -0.25) is 9.59 Å². The highest BCUT2D eigenvalue weighted by Crippen LogP contribution is 2.42. The first-order valence-electron chi connectivity index (χ1n) is 5.67. The summed E-state index contributed by atoms with van der Waals surface area (Å²) < 4.78 is 5.67. The maximum absolute atomic E-state index is 11.1. The van der Waals surface area contributed by atoms with E-state index >= 15 is 0 Å². The number of ether oxygens (including phenoxy) is 1. The largest absolute Gasteiger partial charge is 0.453 e. The number of rotatable bonds is 2. The summed E-state index contributed by atoms with van der Waals surface area (Å²) in [5.74, 6) is 0.923. The van der Waals surface area contributed by atoms with Crippen LogP contribution in [0, 0.1) is 0 Å². The minimum Gasteiger partial charge on any atom is -0.453 e. The molecule has 0 radical (unpaired) electrons. The Morgan fingerprint density at radius 2 is 1.30 bits per heavy atom. The Kier molecular flexibility index (Phi) is 3.12. The summed E-state index contributed by atoms with van der Waals surface area (Å²) in [6.07, 6.45) is 0. The summed E-state index contributed by atoms with van der Waals surface area (Å²) in [4.78, 5) is 22.3. The lowest BCUT2D eigenvalue weighted by molar-refractivity contribution is 0.107. The minimum atomic E-state index is -0.563. The lowest BCUT2D eigenvalue weighted by atomic mass is 10.1. The van der Waals surface area contributed by atoms with Crippen LogP contribution in [-0.2, 0) is 0 Å². The normalized spacial score (nSPS) is 11.7. The Bertz CT molecular complexity index is 682. The summed E-state index contributed by atoms with van der Waals surface area (Å²) in [6.45, 7) is 0. The van der Waals surface area contributed by atoms with Crippen LogP contribution in [0.15, 0.2) is 36.4 Å². The van der Waals surface area contributed by atoms with Crippen molar-refractivity contribution < 1.29 is 14.3 Å². The molecular formula is C14H7Cl2NO3. The molecule has 4 nitrogen and oxygen atoms in total. The molecule has 3 rings (SSSR count). The van der Waals surface area contributed by atoms with Gasteiger partial charge in [-0.1, -0.05) is 0 Å². The number of carbonyl (C=O) groups is 2. The molecule has 0 unspecified atom stereocenters. The number of fused-ring (bicyclic) bond motifs is 2. The van der Waals surface area contributed by atoms with Gasteiger partial charge in [0, 0.05) is 11.1 Å². The Morgan fingerprint density at radius 1 is 0.850 bits per heavy atom. The van der Waals surface area contributed by atoms with Crippen molar-refractivity contribution in [1.29, 1.82) is 0 Å². The van der Waals surface area contributed by atoms with E-state index in [9.17, 15) is 9.59 Å². The fourth-order valence-corrected chi connectivity index (χ4v) is 2.16. The maximum atomic E-state index is 11.1. The van der Waals surface area contributed by atoms with Crippen molar-refractivity contribution in [3.63, 3.8) is 0 Å². The second-order valence-corrected chi connectivity index (χ2v) is 4.88. The van der Waals surface area contributed by atoms with Crippen LogP contribution in [0.2, 0.25) is 0 Å². The maximum Gasteiger partial charge on any atom is 0.252 e. The number of benzene rings is 2. The van der Waals surface area contributed by atoms with Crippen LogP contribution < -0.4 is 10.1 Å². The van der Waals surface area contributed by atoms with E-state index in [1.807, 2.05) is 0 Å². The van der Waals surface area contributed by atoms with Crippen LogP contribution in [0.5, 0.6) is 11.5 Å². The molecule has 0 aromatic heterocycles. The van der Waals surface area contributed by atoms with Crippen molar-refractivity contribution in [2.75, 3.05) is 5.32 Å². The van der Waals surface area contributed by atoms with Crippen LogP contribution in [0.4, 0.5) is 11.4 Å². The molecule has 0 bridgehead atoms. The highest BCUT2D eigenvalue weighted by molar-refractivity contribution is 6.68. The summed E-state index contributed by atoms with van der Waals surface area (Å²) in [6, 6.07) is 9.69. The number of hydrogen-bond donors (Lipinski definition) is 1. The van der Waals surface area contributed by atoms with Gasteiger partial charge >= 0.3 is 0 Å². The quantitative estimate of drug-likeness (QED) is 0.717. The molecule has 0 spiro atoms. The molecule has 2 aromatic rings. The molecular weight excluding hydrogens is 301 g/mol. The average Bonchev–Trinajstić information content (AvgIpc) is 2.43. The number of nitrogens with one attached hydrogen (secondary N) is 1. The van der Waals surface area contributed by atoms with E-state index in [-0.39, 0.29) is 0 Å². The highest BCUT2D eigenvalue weighted by Gasteiger charge is 2.19. The molecule has 100 valence electrons. The van der Waals surface area contributed by atoms with Crippen molar-refractivity contribution in [2.24, 2.45) is 0 Å². The molecule has 0 aliphatic carbocycles. The predicted molar refractivity (Wildman–Crippen MR) is 76.6 cm³/mol. The zero-order valence-electron chi connectivity index (χ0n) is 9.94. The molecule has 0 amide bonds. The topological polar surface area (TPSA) is 55.4 Å². The van der Waals surface area contributed by atoms with E-state index < -0.39 is 10.5 Å². The van der Waals surface area contributed by atoms with Crippen LogP contribution in [0.25, 0.3) is 0 Å². The van der Waals surface area contributed by atoms with E-state index in [1.54, 1.807) is 24.3 Å². The molecule has 1 N–H and O–H groups in total. The van der Waals surface area contributed by atoms with Gasteiger partial charge in [-0.2, -0.15) is 0 Å². The molecule has 2 aromatic carbocycles. The van der Waals surface area contributed by atoms with E-state index in [4.69, 9.17) is 27.9 Å². The molecule has 1 heterocycles. The lowest BCUT2D eigenvalue weighted by Gasteiger charge is -2.22.